The molecule has 1 saturated heterocycles. The summed E-state index contributed by atoms with van der Waals surface area (Å²) < 4.78 is 0. The van der Waals surface area contributed by atoms with Crippen molar-refractivity contribution in [2.75, 3.05) is 18.0 Å². The van der Waals surface area contributed by atoms with Gasteiger partial charge in [-0.05, 0) is 29.6 Å². The Labute approximate surface area is 119 Å². The van der Waals surface area contributed by atoms with Crippen molar-refractivity contribution in [1.82, 2.24) is 0 Å². The number of rotatable bonds is 4. The second-order valence-electron chi connectivity index (χ2n) is 4.46. The predicted molar refractivity (Wildman–Crippen MR) is 72.9 cm³/mol. The molecule has 0 saturated carbocycles. The van der Waals surface area contributed by atoms with Crippen molar-refractivity contribution >= 4 is 29.2 Å². The number of anilines is 1. The highest BCUT2D eigenvalue weighted by atomic mass is 35.5. The number of amides is 1. The molecule has 1 aromatic rings. The van der Waals surface area contributed by atoms with E-state index in [1.165, 1.54) is 17.0 Å². The molecule has 1 N–H and O–H groups in total. The first kappa shape index (κ1) is 14.2. The summed E-state index contributed by atoms with van der Waals surface area (Å²) >= 11 is 5.79. The molecule has 0 aliphatic carbocycles. The van der Waals surface area contributed by atoms with Gasteiger partial charge in [-0.25, -0.2) is 4.79 Å². The van der Waals surface area contributed by atoms with Crippen LogP contribution in [0.1, 0.15) is 16.8 Å². The Morgan fingerprint density at radius 3 is 3.00 bits per heavy atom. The third kappa shape index (κ3) is 2.84. The average molecular weight is 295 g/mol. The zero-order chi connectivity index (χ0) is 14.7. The molecule has 1 aliphatic rings. The van der Waals surface area contributed by atoms with E-state index < -0.39 is 5.97 Å². The largest absolute Gasteiger partial charge is 0.478 e. The Morgan fingerprint density at radius 1 is 1.60 bits per heavy atom. The van der Waals surface area contributed by atoms with Crippen LogP contribution in [-0.2, 0) is 4.79 Å². The van der Waals surface area contributed by atoms with E-state index in [0.29, 0.717) is 12.2 Å². The van der Waals surface area contributed by atoms with Crippen molar-refractivity contribution in [3.63, 3.8) is 0 Å². The van der Waals surface area contributed by atoms with Gasteiger partial charge < -0.3 is 10.0 Å². The summed E-state index contributed by atoms with van der Waals surface area (Å²) in [5.41, 5.74) is 8.72. The highest BCUT2D eigenvalue weighted by Gasteiger charge is 2.30. The van der Waals surface area contributed by atoms with Crippen molar-refractivity contribution in [3.05, 3.63) is 39.2 Å². The first-order valence-corrected chi connectivity index (χ1v) is 6.24. The van der Waals surface area contributed by atoms with E-state index in [9.17, 15) is 9.59 Å². The van der Waals surface area contributed by atoms with Gasteiger partial charge in [-0.1, -0.05) is 16.7 Å². The minimum atomic E-state index is -1.14. The summed E-state index contributed by atoms with van der Waals surface area (Å²) in [5, 5.41) is 12.6. The molecule has 104 valence electrons. The fourth-order valence-electron chi connectivity index (χ4n) is 2.15. The third-order valence-corrected chi connectivity index (χ3v) is 3.43. The number of benzene rings is 1. The second-order valence-corrected chi connectivity index (χ2v) is 4.86. The molecule has 8 heteroatoms. The van der Waals surface area contributed by atoms with Crippen LogP contribution in [0.2, 0.25) is 5.02 Å². The first-order valence-electron chi connectivity index (χ1n) is 5.87. The lowest BCUT2D eigenvalue weighted by molar-refractivity contribution is -0.117. The molecular weight excluding hydrogens is 284 g/mol. The lowest BCUT2D eigenvalue weighted by Gasteiger charge is -2.17. The predicted octanol–water partition coefficient (Wildman–Crippen LogP) is 2.70. The van der Waals surface area contributed by atoms with Gasteiger partial charge in [0.15, 0.2) is 0 Å². The Bertz CT molecular complexity index is 613. The number of carbonyl (C=O) groups excluding carboxylic acids is 1. The number of carboxylic acids is 1. The van der Waals surface area contributed by atoms with E-state index in [-0.39, 0.29) is 35.4 Å². The van der Waals surface area contributed by atoms with Crippen molar-refractivity contribution in [2.24, 2.45) is 11.0 Å². The summed E-state index contributed by atoms with van der Waals surface area (Å²) in [6.07, 6.45) is 0.282. The van der Waals surface area contributed by atoms with Crippen LogP contribution in [-0.4, -0.2) is 30.1 Å². The molecule has 1 heterocycles. The van der Waals surface area contributed by atoms with E-state index in [2.05, 4.69) is 10.0 Å². The van der Waals surface area contributed by atoms with Crippen LogP contribution in [0.3, 0.4) is 0 Å². The fourth-order valence-corrected chi connectivity index (χ4v) is 2.35. The van der Waals surface area contributed by atoms with Crippen molar-refractivity contribution in [2.45, 2.75) is 6.42 Å². The highest BCUT2D eigenvalue weighted by molar-refractivity contribution is 6.33. The molecule has 2 rings (SSSR count). The van der Waals surface area contributed by atoms with Crippen LogP contribution in [0.15, 0.2) is 23.3 Å². The summed E-state index contributed by atoms with van der Waals surface area (Å²) in [6, 6.07) is 4.43. The summed E-state index contributed by atoms with van der Waals surface area (Å²) in [7, 11) is 0. The third-order valence-electron chi connectivity index (χ3n) is 3.10. The van der Waals surface area contributed by atoms with Crippen molar-refractivity contribution in [3.8, 4) is 0 Å². The minimum Gasteiger partial charge on any atom is -0.478 e. The summed E-state index contributed by atoms with van der Waals surface area (Å²) in [5.74, 6) is -1.32. The topological polar surface area (TPSA) is 106 Å². The molecule has 0 spiro atoms. The summed E-state index contributed by atoms with van der Waals surface area (Å²) in [6.45, 7) is 0.649. The van der Waals surface area contributed by atoms with Crippen molar-refractivity contribution in [1.29, 1.82) is 0 Å². The molecule has 1 aromatic carbocycles. The van der Waals surface area contributed by atoms with Gasteiger partial charge in [0.25, 0.3) is 0 Å². The molecule has 1 amide bonds. The monoisotopic (exact) mass is 294 g/mol. The van der Waals surface area contributed by atoms with Gasteiger partial charge in [0.2, 0.25) is 5.91 Å². The average Bonchev–Trinajstić information content (AvgIpc) is 2.78. The van der Waals surface area contributed by atoms with Crippen molar-refractivity contribution < 1.29 is 14.7 Å². The van der Waals surface area contributed by atoms with E-state index in [0.717, 1.165) is 0 Å². The quantitative estimate of drug-likeness (QED) is 0.524. The van der Waals surface area contributed by atoms with Crippen LogP contribution < -0.4 is 4.90 Å². The van der Waals surface area contributed by atoms with Crippen LogP contribution in [0.25, 0.3) is 10.4 Å². The molecule has 1 fully saturated rings. The van der Waals surface area contributed by atoms with E-state index in [1.807, 2.05) is 0 Å². The number of halogens is 1. The lowest BCUT2D eigenvalue weighted by Crippen LogP contribution is -2.25. The molecule has 7 nitrogen and oxygen atoms in total. The van der Waals surface area contributed by atoms with Crippen LogP contribution >= 0.6 is 11.6 Å². The minimum absolute atomic E-state index is 0.0459. The highest BCUT2D eigenvalue weighted by Crippen LogP contribution is 2.28. The maximum atomic E-state index is 11.9. The Kier molecular flexibility index (Phi) is 4.12. The van der Waals surface area contributed by atoms with Crippen LogP contribution in [0.5, 0.6) is 0 Å². The Balaban J connectivity index is 2.24. The fraction of sp³-hybridized carbons (Fsp3) is 0.333. The smallest absolute Gasteiger partial charge is 0.337 e. The van der Waals surface area contributed by atoms with E-state index in [4.69, 9.17) is 22.2 Å². The maximum Gasteiger partial charge on any atom is 0.337 e. The number of carboxylic acid groups (broad SMARTS) is 1. The zero-order valence-electron chi connectivity index (χ0n) is 10.4. The van der Waals surface area contributed by atoms with Gasteiger partial charge in [0.1, 0.15) is 0 Å². The molecular formula is C12H11ClN4O3. The molecule has 20 heavy (non-hydrogen) atoms. The Morgan fingerprint density at radius 2 is 2.35 bits per heavy atom. The maximum absolute atomic E-state index is 11.9. The standard InChI is InChI=1S/C12H11ClN4O3/c13-10-2-1-8(4-9(10)12(19)20)17-6-7(3-11(17)18)5-15-16-14/h1-2,4,7H,3,5-6H2,(H,19,20). The molecule has 0 aromatic heterocycles. The number of hydrogen-bond acceptors (Lipinski definition) is 3. The van der Waals surface area contributed by atoms with E-state index >= 15 is 0 Å². The van der Waals surface area contributed by atoms with Crippen LogP contribution in [0, 0.1) is 5.92 Å². The number of hydrogen-bond donors (Lipinski definition) is 1. The van der Waals surface area contributed by atoms with Gasteiger partial charge >= 0.3 is 5.97 Å². The normalized spacial score (nSPS) is 17.9. The number of carbonyl (C=O) groups is 2. The number of nitrogens with zero attached hydrogens (tertiary/aromatic N) is 4. The summed E-state index contributed by atoms with van der Waals surface area (Å²) in [4.78, 5) is 27.1. The van der Waals surface area contributed by atoms with Gasteiger partial charge in [0.05, 0.1) is 10.6 Å². The molecule has 1 atom stereocenters. The zero-order valence-corrected chi connectivity index (χ0v) is 11.1. The molecule has 1 aliphatic heterocycles. The molecule has 0 bridgehead atoms. The SMILES string of the molecule is [N-]=[N+]=NCC1CC(=O)N(c2ccc(Cl)c(C(=O)O)c2)C1. The first-order chi connectivity index (χ1) is 9.52. The molecule has 0 radical (unpaired) electrons. The second kappa shape index (κ2) is 5.81. The van der Waals surface area contributed by atoms with Gasteiger partial charge in [0, 0.05) is 30.1 Å². The van der Waals surface area contributed by atoms with Gasteiger partial charge in [-0.3, -0.25) is 4.79 Å². The van der Waals surface area contributed by atoms with Gasteiger partial charge in [-0.2, -0.15) is 0 Å². The van der Waals surface area contributed by atoms with Gasteiger partial charge in [-0.15, -0.1) is 0 Å². The van der Waals surface area contributed by atoms with E-state index in [1.54, 1.807) is 6.07 Å². The molecule has 1 unspecified atom stereocenters. The Hall–Kier alpha value is -2.24. The number of aromatic carboxylic acids is 1. The van der Waals surface area contributed by atoms with Crippen LogP contribution in [0.4, 0.5) is 5.69 Å². The number of azide groups is 1. The lowest BCUT2D eigenvalue weighted by atomic mass is 10.1.